The molecule has 6 nitrogen and oxygen atoms in total. The summed E-state index contributed by atoms with van der Waals surface area (Å²) in [6, 6.07) is 5.29. The third-order valence-corrected chi connectivity index (χ3v) is 11.1. The molecule has 2 N–H and O–H groups in total. The maximum absolute atomic E-state index is 11.5. The van der Waals surface area contributed by atoms with Crippen molar-refractivity contribution in [3.8, 4) is 5.75 Å². The molecular formula is C37H57NaO6S. The van der Waals surface area contributed by atoms with Gasteiger partial charge >= 0.3 is 29.6 Å². The SMILES string of the molecule is CC(C)=CCC/C(C)=C/CCC(C)(O)C(O)CC[C@]1(C)CCCC2=C1CC[C@H](C)[C@]2(C)Cc1cc(C)ccc1OS(=O)(=O)[O-].[Na+]. The zero-order chi connectivity index (χ0) is 32.9. The Kier molecular flexibility index (Phi) is 14.7. The van der Waals surface area contributed by atoms with Crippen LogP contribution in [-0.2, 0) is 16.8 Å². The summed E-state index contributed by atoms with van der Waals surface area (Å²) < 4.78 is 39.4. The van der Waals surface area contributed by atoms with E-state index < -0.39 is 22.1 Å². The molecule has 0 saturated heterocycles. The van der Waals surface area contributed by atoms with Gasteiger partial charge < -0.3 is 18.9 Å². The van der Waals surface area contributed by atoms with E-state index in [1.807, 2.05) is 13.0 Å². The molecular weight excluding hydrogens is 595 g/mol. The molecule has 8 heteroatoms. The monoisotopic (exact) mass is 652 g/mol. The van der Waals surface area contributed by atoms with Gasteiger partial charge in [-0.2, -0.15) is 0 Å². The zero-order valence-electron chi connectivity index (χ0n) is 29.5. The van der Waals surface area contributed by atoms with Crippen molar-refractivity contribution in [2.75, 3.05) is 0 Å². The molecule has 2 aliphatic carbocycles. The number of aryl methyl sites for hydroxylation is 1. The van der Waals surface area contributed by atoms with Gasteiger partial charge in [-0.3, -0.25) is 0 Å². The molecule has 0 radical (unpaired) electrons. The minimum atomic E-state index is -4.88. The standard InChI is InChI=1S/C37H58O6S.Na/c1-26(2)12-9-13-27(3)14-10-22-37(8,39)34(38)20-23-35(6)21-11-15-32-31(35)18-17-29(5)36(32,7)25-30-24-28(4)16-19-33(30)43-44(40,41)42;/h12,14,16,19,24,29,34,38-39H,9-11,13,15,17-18,20-23,25H2,1-8H3,(H,40,41,42);/q;+1/p-1/b27-14+;/t29-,34?,35-,36-,37?;/m0./s1. The first-order valence-electron chi connectivity index (χ1n) is 16.5. The Balaban J connectivity index is 0.00000705. The van der Waals surface area contributed by atoms with Gasteiger partial charge in [0, 0.05) is 0 Å². The first-order valence-corrected chi connectivity index (χ1v) is 17.9. The molecule has 0 bridgehead atoms. The van der Waals surface area contributed by atoms with Crippen molar-refractivity contribution in [3.63, 3.8) is 0 Å². The van der Waals surface area contributed by atoms with Crippen LogP contribution >= 0.6 is 0 Å². The van der Waals surface area contributed by atoms with E-state index in [4.69, 9.17) is 4.18 Å². The van der Waals surface area contributed by atoms with E-state index in [2.05, 4.69) is 53.7 Å². The van der Waals surface area contributed by atoms with Crippen LogP contribution < -0.4 is 33.7 Å². The number of hydrogen-bond donors (Lipinski definition) is 2. The fourth-order valence-electron chi connectivity index (χ4n) is 7.61. The number of allylic oxidation sites excluding steroid dienone is 6. The van der Waals surface area contributed by atoms with Gasteiger partial charge in [0.1, 0.15) is 5.75 Å². The van der Waals surface area contributed by atoms with Crippen molar-refractivity contribution in [2.24, 2.45) is 16.7 Å². The Hall–Kier alpha value is -0.930. The van der Waals surface area contributed by atoms with E-state index in [-0.39, 0.29) is 46.1 Å². The first-order chi connectivity index (χ1) is 20.4. The van der Waals surface area contributed by atoms with Gasteiger partial charge in [0.05, 0.1) is 11.7 Å². The molecule has 45 heavy (non-hydrogen) atoms. The van der Waals surface area contributed by atoms with Gasteiger partial charge in [0.15, 0.2) is 0 Å². The zero-order valence-corrected chi connectivity index (χ0v) is 32.3. The van der Waals surface area contributed by atoms with Crippen LogP contribution in [0.2, 0.25) is 0 Å². The largest absolute Gasteiger partial charge is 1.00 e. The summed E-state index contributed by atoms with van der Waals surface area (Å²) in [5.74, 6) is 0.485. The third kappa shape index (κ3) is 11.1. The van der Waals surface area contributed by atoms with Crippen molar-refractivity contribution in [1.29, 1.82) is 0 Å². The van der Waals surface area contributed by atoms with Crippen LogP contribution in [0.1, 0.15) is 130 Å². The molecule has 1 aromatic rings. The molecule has 0 heterocycles. The van der Waals surface area contributed by atoms with Crippen molar-refractivity contribution in [2.45, 2.75) is 144 Å². The Morgan fingerprint density at radius 2 is 1.84 bits per heavy atom. The second-order valence-electron chi connectivity index (χ2n) is 14.8. The van der Waals surface area contributed by atoms with E-state index >= 15 is 0 Å². The molecule has 248 valence electrons. The summed E-state index contributed by atoms with van der Waals surface area (Å²) >= 11 is 0. The summed E-state index contributed by atoms with van der Waals surface area (Å²) in [4.78, 5) is 0. The summed E-state index contributed by atoms with van der Waals surface area (Å²) in [6.07, 6.45) is 14.0. The summed E-state index contributed by atoms with van der Waals surface area (Å²) in [5, 5.41) is 22.4. The average Bonchev–Trinajstić information content (AvgIpc) is 2.90. The number of hydrogen-bond acceptors (Lipinski definition) is 6. The average molecular weight is 653 g/mol. The molecule has 1 aromatic carbocycles. The van der Waals surface area contributed by atoms with Crippen LogP contribution in [-0.4, -0.2) is 34.9 Å². The molecule has 2 aliphatic rings. The van der Waals surface area contributed by atoms with E-state index in [1.54, 1.807) is 19.1 Å². The normalized spacial score (nSPS) is 25.9. The Morgan fingerprint density at radius 1 is 1.16 bits per heavy atom. The predicted molar refractivity (Wildman–Crippen MR) is 178 cm³/mol. The number of aliphatic hydroxyl groups is 2. The summed E-state index contributed by atoms with van der Waals surface area (Å²) in [7, 11) is -4.88. The van der Waals surface area contributed by atoms with Crippen LogP contribution in [0.15, 0.2) is 52.6 Å². The van der Waals surface area contributed by atoms with Gasteiger partial charge in [-0.1, -0.05) is 72.9 Å². The van der Waals surface area contributed by atoms with Gasteiger partial charge in [0.2, 0.25) is 0 Å². The van der Waals surface area contributed by atoms with Crippen LogP contribution in [0.25, 0.3) is 0 Å². The van der Waals surface area contributed by atoms with Crippen LogP contribution in [0.4, 0.5) is 0 Å². The maximum atomic E-state index is 11.5. The first kappa shape index (κ1) is 40.2. The van der Waals surface area contributed by atoms with E-state index in [9.17, 15) is 23.2 Å². The smallest absolute Gasteiger partial charge is 0.716 e. The molecule has 0 amide bonds. The van der Waals surface area contributed by atoms with Gasteiger partial charge in [-0.25, -0.2) is 8.42 Å². The fourth-order valence-corrected chi connectivity index (χ4v) is 7.99. The van der Waals surface area contributed by atoms with E-state index in [0.29, 0.717) is 25.2 Å². The Morgan fingerprint density at radius 3 is 2.49 bits per heavy atom. The van der Waals surface area contributed by atoms with Gasteiger partial charge in [0.25, 0.3) is 10.4 Å². The van der Waals surface area contributed by atoms with E-state index in [1.165, 1.54) is 22.3 Å². The molecule has 0 aromatic heterocycles. The molecule has 0 spiro atoms. The maximum Gasteiger partial charge on any atom is 1.00 e. The van der Waals surface area contributed by atoms with E-state index in [0.717, 1.165) is 68.9 Å². The predicted octanol–water partition coefficient (Wildman–Crippen LogP) is 5.67. The second kappa shape index (κ2) is 16.5. The van der Waals surface area contributed by atoms with Crippen LogP contribution in [0.3, 0.4) is 0 Å². The number of aliphatic hydroxyl groups excluding tert-OH is 1. The van der Waals surface area contributed by atoms with Crippen molar-refractivity contribution < 1.29 is 56.9 Å². The minimum absolute atomic E-state index is 0. The molecule has 0 aliphatic heterocycles. The quantitative estimate of drug-likeness (QED) is 0.116. The summed E-state index contributed by atoms with van der Waals surface area (Å²) in [6.45, 7) is 17.0. The minimum Gasteiger partial charge on any atom is -0.716 e. The topological polar surface area (TPSA) is 107 Å². The van der Waals surface area contributed by atoms with Crippen LogP contribution in [0.5, 0.6) is 5.75 Å². The van der Waals surface area contributed by atoms with Crippen molar-refractivity contribution in [1.82, 2.24) is 0 Å². The second-order valence-corrected chi connectivity index (χ2v) is 15.8. The van der Waals surface area contributed by atoms with Gasteiger partial charge in [-0.15, -0.1) is 0 Å². The van der Waals surface area contributed by atoms with Crippen molar-refractivity contribution >= 4 is 10.4 Å². The fraction of sp³-hybridized carbons (Fsp3) is 0.676. The molecule has 3 rings (SSSR count). The summed E-state index contributed by atoms with van der Waals surface area (Å²) in [5.41, 5.74) is 5.84. The van der Waals surface area contributed by atoms with Crippen molar-refractivity contribution in [3.05, 3.63) is 63.8 Å². The Labute approximate surface area is 296 Å². The number of rotatable bonds is 14. The molecule has 0 fully saturated rings. The third-order valence-electron chi connectivity index (χ3n) is 10.7. The molecule has 2 unspecified atom stereocenters. The molecule has 0 saturated carbocycles. The van der Waals surface area contributed by atoms with Crippen LogP contribution in [0, 0.1) is 23.7 Å². The number of benzene rings is 1. The Bertz CT molecular complexity index is 1360. The van der Waals surface area contributed by atoms with Gasteiger partial charge in [-0.05, 0) is 140 Å². The molecule has 5 atom stereocenters.